The van der Waals surface area contributed by atoms with Crippen LogP contribution in [0.25, 0.3) is 0 Å². The molecule has 1 amide bonds. The molecule has 0 aliphatic heterocycles. The molecule has 204 valence electrons. The van der Waals surface area contributed by atoms with Crippen LogP contribution in [0, 0.1) is 17.2 Å². The zero-order chi connectivity index (χ0) is 28.7. The number of benzene rings is 1. The summed E-state index contributed by atoms with van der Waals surface area (Å²) in [6, 6.07) is 3.01. The fraction of sp³-hybridized carbons (Fsp3) is 0.519. The number of hydrogen-bond donors (Lipinski definition) is 4. The van der Waals surface area contributed by atoms with Gasteiger partial charge >= 0.3 is 0 Å². The number of aldehydes is 1. The van der Waals surface area contributed by atoms with Gasteiger partial charge in [-0.15, -0.1) is 0 Å². The van der Waals surface area contributed by atoms with Crippen molar-refractivity contribution in [3.63, 3.8) is 0 Å². The zero-order valence-electron chi connectivity index (χ0n) is 22.2. The smallest absolute Gasteiger partial charge is 0.265 e. The Bertz CT molecular complexity index is 1050. The molecule has 1 aromatic carbocycles. The Morgan fingerprint density at radius 1 is 1.22 bits per heavy atom. The molecule has 0 saturated heterocycles. The van der Waals surface area contributed by atoms with Crippen LogP contribution in [-0.2, 0) is 19.2 Å². The van der Waals surface area contributed by atoms with E-state index in [0.29, 0.717) is 12.6 Å². The zero-order valence-corrected chi connectivity index (χ0v) is 23.8. The van der Waals surface area contributed by atoms with Crippen LogP contribution in [0.5, 0.6) is 5.75 Å². The van der Waals surface area contributed by atoms with E-state index in [0.717, 1.165) is 10.5 Å². The van der Waals surface area contributed by atoms with Crippen molar-refractivity contribution in [1.82, 2.24) is 4.90 Å². The lowest BCUT2D eigenvalue weighted by atomic mass is 9.69. The predicted octanol–water partition coefficient (Wildman–Crippen LogP) is 3.15. The van der Waals surface area contributed by atoms with E-state index in [4.69, 9.17) is 11.1 Å². The minimum Gasteiger partial charge on any atom is -0.507 e. The highest BCUT2D eigenvalue weighted by Gasteiger charge is 2.55. The predicted molar refractivity (Wildman–Crippen MR) is 146 cm³/mol. The number of halogens is 1. The monoisotopic (exact) mass is 579 g/mol. The number of ketones is 2. The molecule has 0 bridgehead atoms. The van der Waals surface area contributed by atoms with Crippen LogP contribution >= 0.6 is 15.9 Å². The number of nitrogens with two attached hydrogens (primary N) is 1. The number of amides is 1. The van der Waals surface area contributed by atoms with E-state index in [1.54, 1.807) is 13.8 Å². The van der Waals surface area contributed by atoms with Crippen molar-refractivity contribution in [1.29, 1.82) is 5.41 Å². The first-order chi connectivity index (χ1) is 17.1. The molecule has 1 rings (SSSR count). The van der Waals surface area contributed by atoms with Gasteiger partial charge in [0.15, 0.2) is 23.4 Å². The molecule has 0 aliphatic carbocycles. The average Bonchev–Trinajstić information content (AvgIpc) is 2.81. The number of carbonyl (C=O) groups is 4. The number of carbonyl (C=O) groups excluding carboxylic acids is 4. The standard InChI is InChI=1S/C27H38BrN3O6/c1-15(9-16(2)11-18(4)33)10-17(3)26(37)27(14-32,31(6)23(35)13-29)24(25(36)19(5)30)20-7-8-22(34)21(28)12-20/h7-9,12-14,16-19,24,29,33-34H,10-11,30H2,1-6H3/b15-9+,29-13?/t16-,17-,18-,19-,24?,27-/m0/s1. The van der Waals surface area contributed by atoms with Gasteiger partial charge in [0.2, 0.25) is 0 Å². The molecule has 9 nitrogen and oxygen atoms in total. The summed E-state index contributed by atoms with van der Waals surface area (Å²) in [6.07, 6.45) is 2.98. The van der Waals surface area contributed by atoms with E-state index in [1.807, 2.05) is 19.9 Å². The summed E-state index contributed by atoms with van der Waals surface area (Å²) >= 11 is 3.20. The summed E-state index contributed by atoms with van der Waals surface area (Å²) in [7, 11) is 1.21. The molecule has 0 saturated carbocycles. The Hall–Kier alpha value is -2.69. The van der Waals surface area contributed by atoms with Crippen LogP contribution in [0.4, 0.5) is 0 Å². The van der Waals surface area contributed by atoms with Crippen LogP contribution < -0.4 is 5.73 Å². The van der Waals surface area contributed by atoms with Gasteiger partial charge in [-0.3, -0.25) is 14.4 Å². The molecule has 0 fully saturated rings. The van der Waals surface area contributed by atoms with Gasteiger partial charge < -0.3 is 31.1 Å². The first kappa shape index (κ1) is 32.3. The summed E-state index contributed by atoms with van der Waals surface area (Å²) in [4.78, 5) is 54.1. The maximum Gasteiger partial charge on any atom is 0.265 e. The first-order valence-electron chi connectivity index (χ1n) is 12.1. The summed E-state index contributed by atoms with van der Waals surface area (Å²) in [5, 5.41) is 27.1. The molecule has 0 spiro atoms. The molecule has 10 heteroatoms. The molecule has 5 N–H and O–H groups in total. The number of allylic oxidation sites excluding steroid dienone is 2. The van der Waals surface area contributed by atoms with Gasteiger partial charge in [-0.1, -0.05) is 31.6 Å². The molecule has 0 aliphatic rings. The van der Waals surface area contributed by atoms with Crippen LogP contribution in [-0.4, -0.2) is 69.8 Å². The number of Topliss-reactive ketones (excluding diaryl/α,β-unsaturated/α-hetero) is 2. The average molecular weight is 581 g/mol. The summed E-state index contributed by atoms with van der Waals surface area (Å²) in [6.45, 7) is 8.49. The minimum absolute atomic E-state index is 0.0436. The first-order valence-corrected chi connectivity index (χ1v) is 12.8. The van der Waals surface area contributed by atoms with Crippen molar-refractivity contribution in [2.75, 3.05) is 7.05 Å². The van der Waals surface area contributed by atoms with Crippen molar-refractivity contribution in [2.24, 2.45) is 17.6 Å². The van der Waals surface area contributed by atoms with Crippen LogP contribution in [0.3, 0.4) is 0 Å². The number of aromatic hydroxyl groups is 1. The summed E-state index contributed by atoms with van der Waals surface area (Å²) < 4.78 is 0.222. The van der Waals surface area contributed by atoms with Crippen molar-refractivity contribution >= 4 is 45.9 Å². The number of likely N-dealkylation sites (N-methyl/N-ethyl adjacent to an activating group) is 1. The van der Waals surface area contributed by atoms with Crippen LogP contribution in [0.15, 0.2) is 34.3 Å². The van der Waals surface area contributed by atoms with E-state index in [9.17, 15) is 29.4 Å². The molecule has 0 radical (unpaired) electrons. The second-order valence-corrected chi connectivity index (χ2v) is 10.7. The highest BCUT2D eigenvalue weighted by Crippen LogP contribution is 2.39. The second-order valence-electron chi connectivity index (χ2n) is 9.86. The van der Waals surface area contributed by atoms with E-state index < -0.39 is 47.0 Å². The molecular formula is C27H38BrN3O6. The van der Waals surface area contributed by atoms with Crippen LogP contribution in [0.1, 0.15) is 58.9 Å². The van der Waals surface area contributed by atoms with Crippen molar-refractivity contribution in [2.45, 2.75) is 71.1 Å². The molecule has 1 unspecified atom stereocenters. The topological polar surface area (TPSA) is 162 Å². The summed E-state index contributed by atoms with van der Waals surface area (Å²) in [5.41, 5.74) is 4.67. The summed E-state index contributed by atoms with van der Waals surface area (Å²) in [5.74, 6) is -4.66. The van der Waals surface area contributed by atoms with Crippen molar-refractivity contribution < 1.29 is 29.4 Å². The van der Waals surface area contributed by atoms with Crippen molar-refractivity contribution in [3.05, 3.63) is 39.9 Å². The normalized spacial score (nSPS) is 17.5. The second kappa shape index (κ2) is 13.7. The van der Waals surface area contributed by atoms with Gasteiger partial charge in [0.05, 0.1) is 28.8 Å². The number of phenols is 1. The van der Waals surface area contributed by atoms with E-state index in [-0.39, 0.29) is 34.4 Å². The highest BCUT2D eigenvalue weighted by molar-refractivity contribution is 9.10. The fourth-order valence-corrected chi connectivity index (χ4v) is 5.11. The fourth-order valence-electron chi connectivity index (χ4n) is 4.72. The number of nitrogens with one attached hydrogen (secondary N) is 1. The van der Waals surface area contributed by atoms with Gasteiger partial charge in [-0.2, -0.15) is 0 Å². The Labute approximate surface area is 226 Å². The van der Waals surface area contributed by atoms with Gasteiger partial charge in [-0.25, -0.2) is 0 Å². The maximum absolute atomic E-state index is 14.1. The van der Waals surface area contributed by atoms with E-state index in [1.165, 1.54) is 32.2 Å². The number of rotatable bonds is 14. The van der Waals surface area contributed by atoms with Gasteiger partial charge in [0.25, 0.3) is 5.91 Å². The van der Waals surface area contributed by atoms with Gasteiger partial charge in [0.1, 0.15) is 5.75 Å². The molecule has 1 aromatic rings. The highest BCUT2D eigenvalue weighted by atomic mass is 79.9. The number of phenolic OH excluding ortho intramolecular Hbond substituents is 1. The Morgan fingerprint density at radius 2 is 1.81 bits per heavy atom. The van der Waals surface area contributed by atoms with E-state index in [2.05, 4.69) is 15.9 Å². The third-order valence-corrected chi connectivity index (χ3v) is 7.05. The number of nitrogens with zero attached hydrogens (tertiary/aromatic N) is 1. The quantitative estimate of drug-likeness (QED) is 0.114. The lowest BCUT2D eigenvalue weighted by Crippen LogP contribution is -2.64. The van der Waals surface area contributed by atoms with Gasteiger partial charge in [0, 0.05) is 13.0 Å². The number of aliphatic hydroxyl groups is 1. The van der Waals surface area contributed by atoms with E-state index >= 15 is 0 Å². The Morgan fingerprint density at radius 3 is 2.27 bits per heavy atom. The molecular weight excluding hydrogens is 542 g/mol. The minimum atomic E-state index is -2.30. The number of aliphatic hydroxyl groups excluding tert-OH is 1. The third-order valence-electron chi connectivity index (χ3n) is 6.42. The Balaban J connectivity index is 3.78. The molecule has 0 heterocycles. The molecule has 0 aromatic heterocycles. The van der Waals surface area contributed by atoms with Crippen molar-refractivity contribution in [3.8, 4) is 5.75 Å². The largest absolute Gasteiger partial charge is 0.507 e. The lowest BCUT2D eigenvalue weighted by molar-refractivity contribution is -0.151. The van der Waals surface area contributed by atoms with Crippen LogP contribution in [0.2, 0.25) is 0 Å². The third kappa shape index (κ3) is 7.66. The molecule has 37 heavy (non-hydrogen) atoms. The maximum atomic E-state index is 14.1. The molecule has 6 atom stereocenters. The Kier molecular flexibility index (Phi) is 12.0. The lowest BCUT2D eigenvalue weighted by Gasteiger charge is -2.43. The SMILES string of the molecule is C/C(=C\[C@H](C)C[C@H](C)O)C[C@H](C)C(=O)[C@](C=O)(C(C(=O)[C@H](C)N)c1ccc(O)c(Br)c1)N(C)C(=O)C=N. The van der Waals surface area contributed by atoms with Gasteiger partial charge in [-0.05, 0) is 73.2 Å². The number of hydrogen-bond acceptors (Lipinski definition) is 8.